The summed E-state index contributed by atoms with van der Waals surface area (Å²) < 4.78 is 22.0. The quantitative estimate of drug-likeness (QED) is 0.537. The Morgan fingerprint density at radius 2 is 1.71 bits per heavy atom. The Bertz CT molecular complexity index is 1120. The molecule has 2 aromatic rings. The summed E-state index contributed by atoms with van der Waals surface area (Å²) in [5, 5.41) is 9.67. The molecule has 3 rings (SSSR count). The summed E-state index contributed by atoms with van der Waals surface area (Å²) in [6.45, 7) is 1.33. The first-order valence-corrected chi connectivity index (χ1v) is 9.65. The molecule has 0 saturated heterocycles. The van der Waals surface area contributed by atoms with Gasteiger partial charge in [-0.3, -0.25) is 9.59 Å². The number of amides is 1. The molecule has 1 aliphatic carbocycles. The van der Waals surface area contributed by atoms with E-state index in [1.165, 1.54) is 34.3 Å². The van der Waals surface area contributed by atoms with Gasteiger partial charge < -0.3 is 18.9 Å². The fourth-order valence-electron chi connectivity index (χ4n) is 4.07. The van der Waals surface area contributed by atoms with Crippen molar-refractivity contribution in [1.29, 1.82) is 5.26 Å². The van der Waals surface area contributed by atoms with Gasteiger partial charge in [0, 0.05) is 12.5 Å². The molecule has 1 atom stereocenters. The van der Waals surface area contributed by atoms with Crippen molar-refractivity contribution < 1.29 is 23.7 Å². The topological polar surface area (TPSA) is 98.1 Å². The highest BCUT2D eigenvalue weighted by molar-refractivity contribution is 5.83. The van der Waals surface area contributed by atoms with Crippen LogP contribution in [0, 0.1) is 11.5 Å². The minimum atomic E-state index is -0.628. The number of rotatable bonds is 5. The van der Waals surface area contributed by atoms with E-state index in [-0.39, 0.29) is 11.2 Å². The summed E-state index contributed by atoms with van der Waals surface area (Å²) in [6, 6.07) is 5.98. The molecular formula is C23H24N2O6. The van der Waals surface area contributed by atoms with Gasteiger partial charge in [-0.2, -0.15) is 5.26 Å². The summed E-state index contributed by atoms with van der Waals surface area (Å²) in [5.74, 6) is 1.11. The van der Waals surface area contributed by atoms with Crippen molar-refractivity contribution in [2.24, 2.45) is 0 Å². The third-order valence-corrected chi connectivity index (χ3v) is 5.45. The smallest absolute Gasteiger partial charge is 0.233 e. The Balaban J connectivity index is 2.46. The zero-order valence-corrected chi connectivity index (χ0v) is 18.1. The lowest BCUT2D eigenvalue weighted by Gasteiger charge is -2.24. The lowest BCUT2D eigenvalue weighted by molar-refractivity contribution is -0.127. The monoisotopic (exact) mass is 424 g/mol. The van der Waals surface area contributed by atoms with Gasteiger partial charge in [-0.05, 0) is 47.7 Å². The third kappa shape index (κ3) is 3.75. The van der Waals surface area contributed by atoms with Crippen molar-refractivity contribution in [3.63, 3.8) is 0 Å². The first-order valence-electron chi connectivity index (χ1n) is 9.65. The van der Waals surface area contributed by atoms with Crippen molar-refractivity contribution in [2.75, 3.05) is 28.4 Å². The zero-order valence-electron chi connectivity index (χ0n) is 18.1. The van der Waals surface area contributed by atoms with E-state index in [1.807, 2.05) is 12.3 Å². The molecule has 0 bridgehead atoms. The fraction of sp³-hybridized carbons (Fsp3) is 0.348. The van der Waals surface area contributed by atoms with Crippen LogP contribution in [0.15, 0.2) is 29.1 Å². The van der Waals surface area contributed by atoms with Gasteiger partial charge >= 0.3 is 0 Å². The summed E-state index contributed by atoms with van der Waals surface area (Å²) >= 11 is 0. The SMILES string of the molecule is COc1cc2c(c(OC)c1OC)-c1ccc(OC)c(=O)cc1C(N(C#N)C(C)=O)CC2. The third-order valence-electron chi connectivity index (χ3n) is 5.45. The number of hydrogen-bond donors (Lipinski definition) is 0. The second kappa shape index (κ2) is 8.96. The Morgan fingerprint density at radius 1 is 1.03 bits per heavy atom. The predicted molar refractivity (Wildman–Crippen MR) is 114 cm³/mol. The Hall–Kier alpha value is -3.73. The van der Waals surface area contributed by atoms with Gasteiger partial charge in [0.2, 0.25) is 17.1 Å². The Morgan fingerprint density at radius 3 is 2.26 bits per heavy atom. The normalized spacial score (nSPS) is 14.3. The molecule has 0 saturated carbocycles. The number of carbonyl (C=O) groups is 1. The van der Waals surface area contributed by atoms with E-state index in [4.69, 9.17) is 18.9 Å². The van der Waals surface area contributed by atoms with Gasteiger partial charge in [-0.25, -0.2) is 4.90 Å². The molecule has 0 heterocycles. The molecule has 0 spiro atoms. The van der Waals surface area contributed by atoms with Crippen LogP contribution >= 0.6 is 0 Å². The molecular weight excluding hydrogens is 400 g/mol. The van der Waals surface area contributed by atoms with E-state index in [9.17, 15) is 14.9 Å². The van der Waals surface area contributed by atoms with E-state index >= 15 is 0 Å². The average Bonchev–Trinajstić information content (AvgIpc) is 3.01. The highest BCUT2D eigenvalue weighted by Gasteiger charge is 2.32. The maximum absolute atomic E-state index is 12.8. The Labute approximate surface area is 180 Å². The standard InChI is InChI=1S/C23H24N2O6/c1-13(26)25(12-24)17-8-6-14-10-20(29-3)22(30-4)23(31-5)21(14)15-7-9-19(28-2)18(27)11-16(15)17/h7,9-11,17H,6,8H2,1-5H3. The Kier molecular flexibility index (Phi) is 6.35. The molecule has 0 radical (unpaired) electrons. The minimum absolute atomic E-state index is 0.152. The number of ether oxygens (including phenoxy) is 4. The second-order valence-corrected chi connectivity index (χ2v) is 7.00. The fourth-order valence-corrected chi connectivity index (χ4v) is 4.07. The van der Waals surface area contributed by atoms with E-state index in [2.05, 4.69) is 0 Å². The maximum atomic E-state index is 12.8. The molecule has 31 heavy (non-hydrogen) atoms. The first kappa shape index (κ1) is 22.0. The van der Waals surface area contributed by atoms with Gasteiger partial charge in [-0.15, -0.1) is 0 Å². The number of nitrogens with zero attached hydrogens (tertiary/aromatic N) is 2. The lowest BCUT2D eigenvalue weighted by atomic mass is 9.95. The highest BCUT2D eigenvalue weighted by atomic mass is 16.5. The molecule has 8 nitrogen and oxygen atoms in total. The number of hydrogen-bond acceptors (Lipinski definition) is 7. The molecule has 0 aromatic heterocycles. The summed E-state index contributed by atoms with van der Waals surface area (Å²) in [5.41, 5.74) is 2.44. The molecule has 8 heteroatoms. The van der Waals surface area contributed by atoms with Crippen molar-refractivity contribution in [3.05, 3.63) is 45.6 Å². The van der Waals surface area contributed by atoms with E-state index < -0.39 is 11.9 Å². The van der Waals surface area contributed by atoms with Crippen molar-refractivity contribution in [3.8, 4) is 40.3 Å². The largest absolute Gasteiger partial charge is 0.493 e. The predicted octanol–water partition coefficient (Wildman–Crippen LogP) is 3.07. The zero-order chi connectivity index (χ0) is 22.7. The number of nitriles is 1. The maximum Gasteiger partial charge on any atom is 0.233 e. The van der Waals surface area contributed by atoms with Crippen LogP contribution in [0.4, 0.5) is 0 Å². The highest BCUT2D eigenvalue weighted by Crippen LogP contribution is 2.50. The van der Waals surface area contributed by atoms with Crippen LogP contribution in [0.25, 0.3) is 11.1 Å². The van der Waals surface area contributed by atoms with Gasteiger partial charge in [0.25, 0.3) is 0 Å². The molecule has 0 fully saturated rings. The van der Waals surface area contributed by atoms with Crippen molar-refractivity contribution in [1.82, 2.24) is 4.90 Å². The van der Waals surface area contributed by atoms with Crippen LogP contribution in [-0.4, -0.2) is 39.2 Å². The van der Waals surface area contributed by atoms with Crippen LogP contribution < -0.4 is 24.4 Å². The molecule has 1 unspecified atom stereocenters. The number of aryl methyl sites for hydroxylation is 1. The van der Waals surface area contributed by atoms with Crippen molar-refractivity contribution >= 4 is 5.91 Å². The van der Waals surface area contributed by atoms with Gasteiger partial charge in [0.1, 0.15) is 0 Å². The summed E-state index contributed by atoms with van der Waals surface area (Å²) in [4.78, 5) is 26.1. The molecule has 1 aliphatic rings. The van der Waals surface area contributed by atoms with Gasteiger partial charge in [-0.1, -0.05) is 6.07 Å². The second-order valence-electron chi connectivity index (χ2n) is 7.00. The summed E-state index contributed by atoms with van der Waals surface area (Å²) in [7, 11) is 6.00. The lowest BCUT2D eigenvalue weighted by Crippen LogP contribution is -2.29. The average molecular weight is 424 g/mol. The van der Waals surface area contributed by atoms with Crippen LogP contribution in [0.2, 0.25) is 0 Å². The molecule has 1 amide bonds. The molecule has 162 valence electrons. The number of methoxy groups -OCH3 is 4. The van der Waals surface area contributed by atoms with E-state index in [0.29, 0.717) is 41.2 Å². The minimum Gasteiger partial charge on any atom is -0.493 e. The van der Waals surface area contributed by atoms with E-state index in [0.717, 1.165) is 16.0 Å². The van der Waals surface area contributed by atoms with Crippen LogP contribution in [-0.2, 0) is 11.2 Å². The molecule has 0 N–H and O–H groups in total. The molecule has 2 aromatic carbocycles. The first-order chi connectivity index (χ1) is 14.9. The number of fused-ring (bicyclic) bond motifs is 3. The number of benzene rings is 1. The number of carbonyl (C=O) groups excluding carboxylic acids is 1. The van der Waals surface area contributed by atoms with Crippen molar-refractivity contribution in [2.45, 2.75) is 25.8 Å². The van der Waals surface area contributed by atoms with E-state index in [1.54, 1.807) is 19.2 Å². The summed E-state index contributed by atoms with van der Waals surface area (Å²) in [6.07, 6.45) is 2.92. The van der Waals surface area contributed by atoms with Gasteiger partial charge in [0.15, 0.2) is 23.4 Å². The van der Waals surface area contributed by atoms with Gasteiger partial charge in [0.05, 0.1) is 34.5 Å². The van der Waals surface area contributed by atoms with Crippen LogP contribution in [0.3, 0.4) is 0 Å². The molecule has 0 aliphatic heterocycles. The van der Waals surface area contributed by atoms with Crippen LogP contribution in [0.1, 0.15) is 30.5 Å². The van der Waals surface area contributed by atoms with Crippen LogP contribution in [0.5, 0.6) is 23.0 Å².